The predicted octanol–water partition coefficient (Wildman–Crippen LogP) is 3.51. The number of carbonyl (C=O) groups is 1. The third kappa shape index (κ3) is 4.61. The summed E-state index contributed by atoms with van der Waals surface area (Å²) < 4.78 is 5.93. The molecule has 1 aromatic heterocycles. The van der Waals surface area contributed by atoms with Gasteiger partial charge in [-0.1, -0.05) is 23.7 Å². The molecule has 3 rings (SSSR count). The number of anilines is 1. The predicted molar refractivity (Wildman–Crippen MR) is 109 cm³/mol. The van der Waals surface area contributed by atoms with E-state index >= 15 is 0 Å². The number of hydrogen-bond donors (Lipinski definition) is 2. The maximum Gasteiger partial charge on any atom is 0.282 e. The number of rotatable bonds is 6. The SMILES string of the molecule is C[C@@H](C(=O)Nc1ccccc1C#N)[NH+](C)Cc1ccc(-c2ccc(Cl)cc2)o1. The summed E-state index contributed by atoms with van der Waals surface area (Å²) in [5.74, 6) is 1.41. The molecule has 0 aliphatic rings. The van der Waals surface area contributed by atoms with Gasteiger partial charge in [-0.15, -0.1) is 0 Å². The lowest BCUT2D eigenvalue weighted by molar-refractivity contribution is -0.908. The second-order valence-electron chi connectivity index (χ2n) is 6.66. The van der Waals surface area contributed by atoms with Crippen molar-refractivity contribution in [2.75, 3.05) is 12.4 Å². The van der Waals surface area contributed by atoms with E-state index in [1.54, 1.807) is 24.3 Å². The molecule has 2 N–H and O–H groups in total. The van der Waals surface area contributed by atoms with Gasteiger partial charge in [0.05, 0.1) is 18.3 Å². The van der Waals surface area contributed by atoms with E-state index in [4.69, 9.17) is 21.3 Å². The Hall–Kier alpha value is -3.07. The number of furan rings is 1. The second-order valence-corrected chi connectivity index (χ2v) is 7.10. The number of nitriles is 1. The lowest BCUT2D eigenvalue weighted by atomic mass is 10.2. The number of likely N-dealkylation sites (N-methyl/N-ethyl adjacent to an activating group) is 1. The Kier molecular flexibility index (Phi) is 6.15. The highest BCUT2D eigenvalue weighted by atomic mass is 35.5. The van der Waals surface area contributed by atoms with Crippen LogP contribution in [0.2, 0.25) is 5.02 Å². The number of carbonyl (C=O) groups excluding carboxylic acids is 1. The van der Waals surface area contributed by atoms with Gasteiger partial charge in [0, 0.05) is 10.6 Å². The lowest BCUT2D eigenvalue weighted by Crippen LogP contribution is -3.12. The summed E-state index contributed by atoms with van der Waals surface area (Å²) in [6, 6.07) is 20.0. The van der Waals surface area contributed by atoms with Crippen LogP contribution in [-0.4, -0.2) is 19.0 Å². The minimum atomic E-state index is -0.323. The van der Waals surface area contributed by atoms with Crippen LogP contribution in [0, 0.1) is 11.3 Å². The Balaban J connectivity index is 1.64. The number of nitrogens with one attached hydrogen (secondary N) is 2. The number of para-hydroxylation sites is 1. The maximum atomic E-state index is 12.6. The van der Waals surface area contributed by atoms with Crippen LogP contribution in [-0.2, 0) is 11.3 Å². The van der Waals surface area contributed by atoms with Crippen molar-refractivity contribution in [3.05, 3.63) is 77.0 Å². The van der Waals surface area contributed by atoms with Crippen molar-refractivity contribution in [3.63, 3.8) is 0 Å². The lowest BCUT2D eigenvalue weighted by Gasteiger charge is -2.20. The first-order valence-corrected chi connectivity index (χ1v) is 9.32. The number of halogens is 1. The van der Waals surface area contributed by atoms with Gasteiger partial charge in [0.25, 0.3) is 5.91 Å². The van der Waals surface area contributed by atoms with E-state index in [1.165, 1.54) is 0 Å². The average molecular weight is 395 g/mol. The zero-order valence-corrected chi connectivity index (χ0v) is 16.5. The van der Waals surface area contributed by atoms with E-state index in [9.17, 15) is 4.79 Å². The summed E-state index contributed by atoms with van der Waals surface area (Å²) in [7, 11) is 1.94. The first-order chi connectivity index (χ1) is 13.5. The zero-order valence-electron chi connectivity index (χ0n) is 15.7. The molecule has 0 radical (unpaired) electrons. The van der Waals surface area contributed by atoms with Crippen LogP contribution < -0.4 is 10.2 Å². The molecular weight excluding hydrogens is 374 g/mol. The fourth-order valence-corrected chi connectivity index (χ4v) is 2.95. The molecule has 0 spiro atoms. The van der Waals surface area contributed by atoms with Gasteiger partial charge < -0.3 is 14.6 Å². The number of quaternary nitrogens is 1. The van der Waals surface area contributed by atoms with Crippen molar-refractivity contribution in [3.8, 4) is 17.4 Å². The standard InChI is InChI=1S/C22H20ClN3O2/c1-15(22(27)25-20-6-4-3-5-17(20)13-24)26(2)14-19-11-12-21(28-19)16-7-9-18(23)10-8-16/h3-12,15H,14H2,1-2H3,(H,25,27)/p+1/t15-/m0/s1. The van der Waals surface area contributed by atoms with Gasteiger partial charge in [0.1, 0.15) is 18.4 Å². The monoisotopic (exact) mass is 394 g/mol. The molecule has 1 heterocycles. The first-order valence-electron chi connectivity index (χ1n) is 8.95. The molecule has 0 bridgehead atoms. The molecule has 6 heteroatoms. The van der Waals surface area contributed by atoms with E-state index in [0.717, 1.165) is 22.0 Å². The fraction of sp³-hybridized carbons (Fsp3) is 0.182. The summed E-state index contributed by atoms with van der Waals surface area (Å²) >= 11 is 5.93. The van der Waals surface area contributed by atoms with Crippen molar-refractivity contribution in [2.24, 2.45) is 0 Å². The minimum absolute atomic E-state index is 0.148. The third-order valence-corrected chi connectivity index (χ3v) is 4.93. The summed E-state index contributed by atoms with van der Waals surface area (Å²) in [6.07, 6.45) is 0. The number of benzene rings is 2. The van der Waals surface area contributed by atoms with Crippen LogP contribution in [0.25, 0.3) is 11.3 Å². The van der Waals surface area contributed by atoms with Gasteiger partial charge in [-0.05, 0) is 55.5 Å². The molecule has 0 saturated carbocycles. The van der Waals surface area contributed by atoms with Gasteiger partial charge in [-0.2, -0.15) is 5.26 Å². The van der Waals surface area contributed by atoms with E-state index in [0.29, 0.717) is 22.8 Å². The van der Waals surface area contributed by atoms with Crippen molar-refractivity contribution in [1.29, 1.82) is 5.26 Å². The highest BCUT2D eigenvalue weighted by molar-refractivity contribution is 6.30. The molecule has 5 nitrogen and oxygen atoms in total. The fourth-order valence-electron chi connectivity index (χ4n) is 2.82. The van der Waals surface area contributed by atoms with Crippen LogP contribution in [0.1, 0.15) is 18.2 Å². The second kappa shape index (κ2) is 8.75. The van der Waals surface area contributed by atoms with Gasteiger partial charge in [0.15, 0.2) is 11.8 Å². The Labute approximate surface area is 169 Å². The normalized spacial score (nSPS) is 12.8. The summed E-state index contributed by atoms with van der Waals surface area (Å²) in [4.78, 5) is 13.6. The quantitative estimate of drug-likeness (QED) is 0.672. The Morgan fingerprint density at radius 1 is 1.18 bits per heavy atom. The molecule has 0 aliphatic carbocycles. The van der Waals surface area contributed by atoms with Gasteiger partial charge in [-0.25, -0.2) is 0 Å². The molecule has 3 aromatic rings. The van der Waals surface area contributed by atoms with E-state index in [2.05, 4.69) is 11.4 Å². The van der Waals surface area contributed by atoms with Crippen molar-refractivity contribution >= 4 is 23.2 Å². The molecule has 2 atom stereocenters. The molecular formula is C22H21ClN3O2+. The largest absolute Gasteiger partial charge is 0.455 e. The van der Waals surface area contributed by atoms with Crippen LogP contribution in [0.3, 0.4) is 0 Å². The molecule has 1 unspecified atom stereocenters. The van der Waals surface area contributed by atoms with E-state index < -0.39 is 0 Å². The molecule has 0 saturated heterocycles. The molecule has 0 aliphatic heterocycles. The van der Waals surface area contributed by atoms with Crippen LogP contribution in [0.15, 0.2) is 65.1 Å². The van der Waals surface area contributed by atoms with Gasteiger partial charge >= 0.3 is 0 Å². The van der Waals surface area contributed by atoms with Crippen LogP contribution >= 0.6 is 11.6 Å². The molecule has 2 aromatic carbocycles. The highest BCUT2D eigenvalue weighted by Crippen LogP contribution is 2.23. The van der Waals surface area contributed by atoms with Gasteiger partial charge in [0.2, 0.25) is 0 Å². The van der Waals surface area contributed by atoms with E-state index in [-0.39, 0.29) is 11.9 Å². The molecule has 0 fully saturated rings. The third-order valence-electron chi connectivity index (χ3n) is 4.68. The van der Waals surface area contributed by atoms with E-state index in [1.807, 2.05) is 50.4 Å². The van der Waals surface area contributed by atoms with Gasteiger partial charge in [-0.3, -0.25) is 4.79 Å². The zero-order chi connectivity index (χ0) is 20.1. The summed E-state index contributed by atoms with van der Waals surface area (Å²) in [6.45, 7) is 2.41. The Bertz CT molecular complexity index is 1010. The summed E-state index contributed by atoms with van der Waals surface area (Å²) in [5.41, 5.74) is 1.92. The first kappa shape index (κ1) is 19.7. The van der Waals surface area contributed by atoms with Crippen molar-refractivity contribution in [2.45, 2.75) is 19.5 Å². The Morgan fingerprint density at radius 3 is 2.61 bits per heavy atom. The maximum absolute atomic E-state index is 12.6. The average Bonchev–Trinajstić information content (AvgIpc) is 3.16. The highest BCUT2D eigenvalue weighted by Gasteiger charge is 2.23. The minimum Gasteiger partial charge on any atom is -0.455 e. The van der Waals surface area contributed by atoms with Crippen LogP contribution in [0.5, 0.6) is 0 Å². The molecule has 28 heavy (non-hydrogen) atoms. The molecule has 1 amide bonds. The number of hydrogen-bond acceptors (Lipinski definition) is 3. The summed E-state index contributed by atoms with van der Waals surface area (Å²) in [5, 5.41) is 12.7. The number of nitrogens with zero attached hydrogens (tertiary/aromatic N) is 1. The van der Waals surface area contributed by atoms with Crippen molar-refractivity contribution < 1.29 is 14.1 Å². The van der Waals surface area contributed by atoms with Crippen molar-refractivity contribution in [1.82, 2.24) is 0 Å². The molecule has 142 valence electrons. The topological polar surface area (TPSA) is 70.5 Å². The number of amides is 1. The van der Waals surface area contributed by atoms with Crippen LogP contribution in [0.4, 0.5) is 5.69 Å². The Morgan fingerprint density at radius 2 is 1.89 bits per heavy atom. The smallest absolute Gasteiger partial charge is 0.282 e.